The molecule has 216 valence electrons. The van der Waals surface area contributed by atoms with Crippen molar-refractivity contribution in [2.75, 3.05) is 0 Å². The number of fused-ring (bicyclic) bond motifs is 8. The third-order valence-corrected chi connectivity index (χ3v) is 10.1. The van der Waals surface area contributed by atoms with Gasteiger partial charge in [0.2, 0.25) is 0 Å². The fourth-order valence-electron chi connectivity index (χ4n) is 8.17. The van der Waals surface area contributed by atoms with Gasteiger partial charge in [-0.15, -0.1) is 0 Å². The van der Waals surface area contributed by atoms with Gasteiger partial charge < -0.3 is 0 Å². The molecule has 0 N–H and O–H groups in total. The van der Waals surface area contributed by atoms with E-state index in [4.69, 9.17) is 9.97 Å². The lowest BCUT2D eigenvalue weighted by Crippen LogP contribution is -2.04. The summed E-state index contributed by atoms with van der Waals surface area (Å²) in [5.74, 6) is 0.838. The smallest absolute Gasteiger partial charge is 0.165 e. The quantitative estimate of drug-likeness (QED) is 0.186. The first-order valence-electron chi connectivity index (χ1n) is 16.1. The molecule has 0 saturated carbocycles. The Morgan fingerprint density at radius 1 is 0.362 bits per heavy atom. The number of benzene rings is 8. The summed E-state index contributed by atoms with van der Waals surface area (Å²) < 4.78 is 2.37. The first-order chi connectivity index (χ1) is 23.3. The molecular weight excluding hydrogens is 571 g/mol. The fraction of sp³-hybridized carbons (Fsp3) is 0. The Morgan fingerprint density at radius 2 is 0.830 bits per heavy atom. The van der Waals surface area contributed by atoms with Gasteiger partial charge in [0.15, 0.2) is 5.82 Å². The molecule has 47 heavy (non-hydrogen) atoms. The van der Waals surface area contributed by atoms with Crippen molar-refractivity contribution in [1.29, 1.82) is 0 Å². The topological polar surface area (TPSA) is 30.7 Å². The molecule has 0 unspecified atom stereocenters. The van der Waals surface area contributed by atoms with Crippen molar-refractivity contribution in [2.45, 2.75) is 0 Å². The number of aromatic nitrogens is 3. The van der Waals surface area contributed by atoms with Gasteiger partial charge >= 0.3 is 0 Å². The van der Waals surface area contributed by atoms with E-state index in [1.807, 2.05) is 0 Å². The van der Waals surface area contributed by atoms with Crippen molar-refractivity contribution < 1.29 is 0 Å². The van der Waals surface area contributed by atoms with Crippen LogP contribution in [0.4, 0.5) is 0 Å². The van der Waals surface area contributed by atoms with E-state index >= 15 is 0 Å². The number of hydrogen-bond acceptors (Lipinski definition) is 2. The van der Waals surface area contributed by atoms with Gasteiger partial charge in [0, 0.05) is 27.1 Å². The molecule has 0 bridgehead atoms. The molecule has 0 atom stereocenters. The molecule has 10 aromatic rings. The predicted octanol–water partition coefficient (Wildman–Crippen LogP) is 11.5. The summed E-state index contributed by atoms with van der Waals surface area (Å²) in [5.41, 5.74) is 11.0. The molecule has 8 aromatic carbocycles. The zero-order valence-corrected chi connectivity index (χ0v) is 25.3. The van der Waals surface area contributed by atoms with Crippen molar-refractivity contribution in [2.24, 2.45) is 0 Å². The third-order valence-electron chi connectivity index (χ3n) is 10.1. The maximum Gasteiger partial charge on any atom is 0.165 e. The number of hydrogen-bond donors (Lipinski definition) is 0. The molecule has 0 saturated heterocycles. The van der Waals surface area contributed by atoms with Crippen molar-refractivity contribution in [3.63, 3.8) is 0 Å². The second kappa shape index (κ2) is 9.12. The summed E-state index contributed by atoms with van der Waals surface area (Å²) in [7, 11) is 0. The Morgan fingerprint density at radius 3 is 1.40 bits per heavy atom. The van der Waals surface area contributed by atoms with Crippen LogP contribution in [0.1, 0.15) is 0 Å². The monoisotopic (exact) mass is 595 g/mol. The van der Waals surface area contributed by atoms with Gasteiger partial charge in [0.05, 0.1) is 22.1 Å². The summed E-state index contributed by atoms with van der Waals surface area (Å²) in [6, 6.07) is 54.5. The van der Waals surface area contributed by atoms with Crippen LogP contribution in [-0.4, -0.2) is 14.5 Å². The van der Waals surface area contributed by atoms with Gasteiger partial charge in [-0.25, -0.2) is 9.97 Å². The largest absolute Gasteiger partial charge is 0.292 e. The SMILES string of the molecule is c1ccc(-c2nc3c4ccccc4c4ccccc4c3nc2-n2c3cccc4c3c3c(cccc32)-c2cccc3cccc-4c23)cc1. The molecule has 3 heteroatoms. The molecule has 1 aliphatic carbocycles. The van der Waals surface area contributed by atoms with Gasteiger partial charge in [0.1, 0.15) is 5.69 Å². The zero-order valence-electron chi connectivity index (χ0n) is 25.3. The van der Waals surface area contributed by atoms with Gasteiger partial charge in [-0.05, 0) is 55.9 Å². The normalized spacial score (nSPS) is 12.3. The van der Waals surface area contributed by atoms with Crippen molar-refractivity contribution in [1.82, 2.24) is 14.5 Å². The lowest BCUT2D eigenvalue weighted by atomic mass is 9.93. The van der Waals surface area contributed by atoms with Gasteiger partial charge in [-0.1, -0.05) is 140 Å². The Bertz CT molecular complexity index is 2860. The highest BCUT2D eigenvalue weighted by Crippen LogP contribution is 2.50. The van der Waals surface area contributed by atoms with Crippen LogP contribution in [0, 0.1) is 0 Å². The summed E-state index contributed by atoms with van der Waals surface area (Å²) in [6.07, 6.45) is 0. The lowest BCUT2D eigenvalue weighted by molar-refractivity contribution is 1.08. The molecule has 0 aliphatic heterocycles. The molecule has 2 heterocycles. The van der Waals surface area contributed by atoms with Crippen LogP contribution in [-0.2, 0) is 0 Å². The minimum atomic E-state index is 0.838. The standard InChI is InChI=1S/C44H25N3/c1-2-12-27(13-3-1)41-44(46-43-35-19-7-5-17-29(35)28-16-4-6-18-34(28)42(43)45-41)47-36-24-10-22-32-30-20-8-14-26-15-9-21-31(38(26)30)33-23-11-25-37(47)40(33)39(32)36/h1-25H. The van der Waals surface area contributed by atoms with Crippen molar-refractivity contribution in [3.8, 4) is 39.3 Å². The highest BCUT2D eigenvalue weighted by atomic mass is 15.1. The summed E-state index contributed by atoms with van der Waals surface area (Å²) in [4.78, 5) is 11.2. The molecule has 0 amide bonds. The van der Waals surface area contributed by atoms with Crippen LogP contribution in [0.15, 0.2) is 152 Å². The maximum atomic E-state index is 5.66. The number of rotatable bonds is 2. The lowest BCUT2D eigenvalue weighted by Gasteiger charge is -2.17. The zero-order chi connectivity index (χ0) is 30.6. The van der Waals surface area contributed by atoms with Gasteiger partial charge in [0.25, 0.3) is 0 Å². The average Bonchev–Trinajstić information content (AvgIpc) is 3.42. The minimum absolute atomic E-state index is 0.838. The maximum absolute atomic E-state index is 5.66. The van der Waals surface area contributed by atoms with E-state index in [0.29, 0.717) is 0 Å². The Kier molecular flexibility index (Phi) is 4.84. The Balaban J connectivity index is 1.36. The fourth-order valence-corrected chi connectivity index (χ4v) is 8.17. The molecule has 0 spiro atoms. The molecule has 0 radical (unpaired) electrons. The molecule has 2 aromatic heterocycles. The highest BCUT2D eigenvalue weighted by molar-refractivity contribution is 6.28. The second-order valence-corrected chi connectivity index (χ2v) is 12.5. The van der Waals surface area contributed by atoms with Crippen LogP contribution in [0.2, 0.25) is 0 Å². The molecule has 3 nitrogen and oxygen atoms in total. The first kappa shape index (κ1) is 24.9. The van der Waals surface area contributed by atoms with E-state index in [9.17, 15) is 0 Å². The van der Waals surface area contributed by atoms with E-state index in [0.717, 1.165) is 49.9 Å². The van der Waals surface area contributed by atoms with E-state index in [2.05, 4.69) is 156 Å². The summed E-state index contributed by atoms with van der Waals surface area (Å²) in [6.45, 7) is 0. The van der Waals surface area contributed by atoms with Gasteiger partial charge in [-0.3, -0.25) is 4.57 Å². The van der Waals surface area contributed by atoms with E-state index < -0.39 is 0 Å². The van der Waals surface area contributed by atoms with Gasteiger partial charge in [-0.2, -0.15) is 0 Å². The van der Waals surface area contributed by atoms with Crippen LogP contribution in [0.5, 0.6) is 0 Å². The van der Waals surface area contributed by atoms with E-state index in [1.165, 1.54) is 54.6 Å². The molecular formula is C44H25N3. The average molecular weight is 596 g/mol. The summed E-state index contributed by atoms with van der Waals surface area (Å²) in [5, 5.41) is 9.69. The van der Waals surface area contributed by atoms with Crippen LogP contribution < -0.4 is 0 Å². The van der Waals surface area contributed by atoms with E-state index in [-0.39, 0.29) is 0 Å². The molecule has 11 rings (SSSR count). The van der Waals surface area contributed by atoms with Crippen LogP contribution in [0.25, 0.3) is 104 Å². The predicted molar refractivity (Wildman–Crippen MR) is 196 cm³/mol. The first-order valence-corrected chi connectivity index (χ1v) is 16.1. The van der Waals surface area contributed by atoms with Crippen LogP contribution in [0.3, 0.4) is 0 Å². The van der Waals surface area contributed by atoms with Crippen LogP contribution >= 0.6 is 0 Å². The highest BCUT2D eigenvalue weighted by Gasteiger charge is 2.27. The second-order valence-electron chi connectivity index (χ2n) is 12.5. The van der Waals surface area contributed by atoms with E-state index in [1.54, 1.807) is 0 Å². The van der Waals surface area contributed by atoms with Crippen molar-refractivity contribution >= 4 is 65.2 Å². The summed E-state index contributed by atoms with van der Waals surface area (Å²) >= 11 is 0. The minimum Gasteiger partial charge on any atom is -0.292 e. The number of nitrogens with zero attached hydrogens (tertiary/aromatic N) is 3. The molecule has 0 fully saturated rings. The Hall–Kier alpha value is -6.32. The van der Waals surface area contributed by atoms with Crippen molar-refractivity contribution in [3.05, 3.63) is 152 Å². The molecule has 1 aliphatic rings. The Labute approximate surface area is 270 Å². The third kappa shape index (κ3) is 3.25.